The van der Waals surface area contributed by atoms with Crippen LogP contribution >= 0.6 is 6.04 Å². The van der Waals surface area contributed by atoms with Crippen LogP contribution in [0.4, 0.5) is 0 Å². The minimum Gasteiger partial charge on any atom is -0.0879 e. The molecule has 0 radical (unpaired) electrons. The highest BCUT2D eigenvalue weighted by Gasteiger charge is 2.19. The average molecular weight is 308 g/mol. The predicted octanol–water partition coefficient (Wildman–Crippen LogP) is 4.41. The molecule has 0 amide bonds. The normalized spacial score (nSPS) is 13.6. The maximum atomic E-state index is 6.07. The van der Waals surface area contributed by atoms with Gasteiger partial charge in [-0.25, -0.2) is 0 Å². The van der Waals surface area contributed by atoms with Crippen molar-refractivity contribution in [2.45, 2.75) is 0 Å². The van der Waals surface area contributed by atoms with Gasteiger partial charge in [-0.3, -0.25) is 0 Å². The highest BCUT2D eigenvalue weighted by Crippen LogP contribution is 2.42. The van der Waals surface area contributed by atoms with E-state index in [9.17, 15) is 0 Å². The van der Waals surface area contributed by atoms with Gasteiger partial charge in [0.25, 0.3) is 0 Å². The first-order valence-electron chi connectivity index (χ1n) is 6.98. The van der Waals surface area contributed by atoms with Crippen molar-refractivity contribution in [3.8, 4) is 11.1 Å². The SMILES string of the molecule is CP(=S)(c1ccccc1)c1ccccc1-c1ccccc1. The van der Waals surface area contributed by atoms with Gasteiger partial charge in [0.2, 0.25) is 0 Å². The molecule has 0 aliphatic rings. The zero-order valence-corrected chi connectivity index (χ0v) is 13.6. The summed E-state index contributed by atoms with van der Waals surface area (Å²) in [7, 11) is 0. The third-order valence-electron chi connectivity index (χ3n) is 3.70. The Kier molecular flexibility index (Phi) is 4.05. The molecular formula is C19H17PS. The van der Waals surface area contributed by atoms with Crippen molar-refractivity contribution < 1.29 is 0 Å². The number of hydrogen-bond donors (Lipinski definition) is 0. The maximum absolute atomic E-state index is 6.07. The van der Waals surface area contributed by atoms with Crippen molar-refractivity contribution in [3.05, 3.63) is 84.9 Å². The number of rotatable bonds is 3. The summed E-state index contributed by atoms with van der Waals surface area (Å²) in [6.07, 6.45) is 0. The molecule has 0 fully saturated rings. The highest BCUT2D eigenvalue weighted by molar-refractivity contribution is 8.21. The lowest BCUT2D eigenvalue weighted by Crippen LogP contribution is -2.16. The van der Waals surface area contributed by atoms with E-state index in [2.05, 4.69) is 79.5 Å². The molecule has 21 heavy (non-hydrogen) atoms. The van der Waals surface area contributed by atoms with Gasteiger partial charge in [-0.15, -0.1) is 0 Å². The Labute approximate surface area is 131 Å². The third-order valence-corrected chi connectivity index (χ3v) is 7.51. The molecule has 0 spiro atoms. The summed E-state index contributed by atoms with van der Waals surface area (Å²) in [6, 6.07) is 27.8. The summed E-state index contributed by atoms with van der Waals surface area (Å²) in [6.45, 7) is 2.22. The van der Waals surface area contributed by atoms with Crippen LogP contribution in [0.25, 0.3) is 11.1 Å². The van der Waals surface area contributed by atoms with E-state index in [1.54, 1.807) is 0 Å². The van der Waals surface area contributed by atoms with Gasteiger partial charge in [0, 0.05) is 6.04 Å². The quantitative estimate of drug-likeness (QED) is 0.646. The van der Waals surface area contributed by atoms with Crippen LogP contribution in [-0.2, 0) is 11.8 Å². The fourth-order valence-electron chi connectivity index (χ4n) is 2.56. The molecule has 0 aliphatic heterocycles. The fourth-order valence-corrected chi connectivity index (χ4v) is 5.45. The lowest BCUT2D eigenvalue weighted by molar-refractivity contribution is 1.65. The van der Waals surface area contributed by atoms with Gasteiger partial charge >= 0.3 is 0 Å². The second-order valence-corrected chi connectivity index (χ2v) is 10.2. The molecule has 3 aromatic rings. The molecule has 2 heteroatoms. The summed E-state index contributed by atoms with van der Waals surface area (Å²) >= 11 is 6.07. The molecule has 0 heterocycles. The van der Waals surface area contributed by atoms with Gasteiger partial charge in [0.1, 0.15) is 0 Å². The largest absolute Gasteiger partial charge is 0.0879 e. The minimum absolute atomic E-state index is 1.24. The van der Waals surface area contributed by atoms with Crippen molar-refractivity contribution in [1.29, 1.82) is 0 Å². The Morgan fingerprint density at radius 1 is 0.667 bits per heavy atom. The van der Waals surface area contributed by atoms with E-state index in [1.807, 2.05) is 12.1 Å². The summed E-state index contributed by atoms with van der Waals surface area (Å²) in [5.41, 5.74) is 2.49. The Morgan fingerprint density at radius 3 is 1.86 bits per heavy atom. The fraction of sp³-hybridized carbons (Fsp3) is 0.0526. The first-order valence-corrected chi connectivity index (χ1v) is 10.2. The minimum atomic E-state index is -1.77. The first kappa shape index (κ1) is 14.3. The van der Waals surface area contributed by atoms with Crippen LogP contribution in [-0.4, -0.2) is 6.66 Å². The number of hydrogen-bond acceptors (Lipinski definition) is 1. The van der Waals surface area contributed by atoms with Gasteiger partial charge in [-0.05, 0) is 28.4 Å². The van der Waals surface area contributed by atoms with E-state index in [1.165, 1.54) is 21.7 Å². The van der Waals surface area contributed by atoms with Crippen LogP contribution in [0.2, 0.25) is 0 Å². The molecular weight excluding hydrogens is 291 g/mol. The van der Waals surface area contributed by atoms with Crippen LogP contribution in [0.5, 0.6) is 0 Å². The third kappa shape index (κ3) is 2.85. The van der Waals surface area contributed by atoms with E-state index in [-0.39, 0.29) is 0 Å². The monoisotopic (exact) mass is 308 g/mol. The van der Waals surface area contributed by atoms with Crippen LogP contribution in [0.3, 0.4) is 0 Å². The summed E-state index contributed by atoms with van der Waals surface area (Å²) < 4.78 is 0. The van der Waals surface area contributed by atoms with E-state index in [0.29, 0.717) is 0 Å². The smallest absolute Gasteiger partial charge is 0.00822 e. The van der Waals surface area contributed by atoms with Crippen LogP contribution in [0, 0.1) is 0 Å². The van der Waals surface area contributed by atoms with Gasteiger partial charge in [0.15, 0.2) is 0 Å². The molecule has 0 N–H and O–H groups in total. The van der Waals surface area contributed by atoms with E-state index < -0.39 is 6.04 Å². The standard InChI is InChI=1S/C19H17PS/c1-20(21,17-12-6-3-7-13-17)19-15-9-8-14-18(19)16-10-4-2-5-11-16/h2-15H,1H3. The van der Waals surface area contributed by atoms with Crippen molar-refractivity contribution in [3.63, 3.8) is 0 Å². The molecule has 0 saturated carbocycles. The second kappa shape index (κ2) is 5.97. The second-order valence-electron chi connectivity index (χ2n) is 5.14. The van der Waals surface area contributed by atoms with Crippen LogP contribution < -0.4 is 10.6 Å². The van der Waals surface area contributed by atoms with Gasteiger partial charge in [0.05, 0.1) is 0 Å². The Bertz CT molecular complexity index is 779. The lowest BCUT2D eigenvalue weighted by Gasteiger charge is -2.21. The van der Waals surface area contributed by atoms with E-state index in [0.717, 1.165) is 0 Å². The van der Waals surface area contributed by atoms with Crippen LogP contribution in [0.1, 0.15) is 0 Å². The molecule has 3 rings (SSSR count). The first-order chi connectivity index (χ1) is 10.2. The summed E-state index contributed by atoms with van der Waals surface area (Å²) in [5, 5.41) is 2.56. The molecule has 0 aromatic heterocycles. The van der Waals surface area contributed by atoms with Gasteiger partial charge in [-0.1, -0.05) is 96.7 Å². The van der Waals surface area contributed by atoms with Crippen LogP contribution in [0.15, 0.2) is 84.9 Å². The van der Waals surface area contributed by atoms with Gasteiger partial charge in [-0.2, -0.15) is 0 Å². The van der Waals surface area contributed by atoms with Gasteiger partial charge < -0.3 is 0 Å². The van der Waals surface area contributed by atoms with E-state index in [4.69, 9.17) is 11.8 Å². The molecule has 0 aliphatic carbocycles. The topological polar surface area (TPSA) is 0 Å². The predicted molar refractivity (Wildman–Crippen MR) is 97.8 cm³/mol. The van der Waals surface area contributed by atoms with Crippen molar-refractivity contribution in [2.75, 3.05) is 6.66 Å². The molecule has 1 unspecified atom stereocenters. The summed E-state index contributed by atoms with van der Waals surface area (Å²) in [5.74, 6) is 0. The molecule has 0 nitrogen and oxygen atoms in total. The maximum Gasteiger partial charge on any atom is 0.00822 e. The highest BCUT2D eigenvalue weighted by atomic mass is 32.4. The number of benzene rings is 3. The van der Waals surface area contributed by atoms with E-state index >= 15 is 0 Å². The summed E-state index contributed by atoms with van der Waals surface area (Å²) in [4.78, 5) is 0. The Hall–Kier alpha value is -1.69. The Balaban J connectivity index is 2.18. The molecule has 1 atom stereocenters. The molecule has 104 valence electrons. The zero-order valence-electron chi connectivity index (χ0n) is 11.9. The molecule has 0 bridgehead atoms. The molecule has 0 saturated heterocycles. The van der Waals surface area contributed by atoms with Crippen molar-refractivity contribution in [1.82, 2.24) is 0 Å². The zero-order chi connectivity index (χ0) is 14.7. The van der Waals surface area contributed by atoms with Crippen molar-refractivity contribution >= 4 is 28.5 Å². The lowest BCUT2D eigenvalue weighted by atomic mass is 10.1. The average Bonchev–Trinajstić information content (AvgIpc) is 2.56. The Morgan fingerprint density at radius 2 is 1.19 bits per heavy atom. The van der Waals surface area contributed by atoms with Crippen molar-refractivity contribution in [2.24, 2.45) is 0 Å². The molecule has 3 aromatic carbocycles.